The van der Waals surface area contributed by atoms with Gasteiger partial charge in [-0.15, -0.1) is 5.46 Å². The number of piperazine rings is 1. The van der Waals surface area contributed by atoms with Gasteiger partial charge in [0.2, 0.25) is 0 Å². The van der Waals surface area contributed by atoms with Crippen LogP contribution in [-0.2, 0) is 0 Å². The van der Waals surface area contributed by atoms with Crippen LogP contribution in [0.15, 0.2) is 36.8 Å². The van der Waals surface area contributed by atoms with E-state index in [1.807, 2.05) is 0 Å². The Bertz CT molecular complexity index is 1560. The zero-order valence-electron chi connectivity index (χ0n) is 25.4. The molecule has 0 radical (unpaired) electrons. The van der Waals surface area contributed by atoms with Crippen molar-refractivity contribution >= 4 is 83.4 Å². The van der Waals surface area contributed by atoms with Crippen LogP contribution >= 0.6 is 0 Å². The van der Waals surface area contributed by atoms with Gasteiger partial charge >= 0.3 is 0 Å². The molecule has 0 amide bonds. The van der Waals surface area contributed by atoms with Crippen molar-refractivity contribution in [2.45, 2.75) is 50.7 Å². The molecule has 6 rings (SSSR count). The summed E-state index contributed by atoms with van der Waals surface area (Å²) < 4.78 is 8.83. The van der Waals surface area contributed by atoms with E-state index in [1.54, 1.807) is 6.33 Å². The summed E-state index contributed by atoms with van der Waals surface area (Å²) >= 11 is 0. The van der Waals surface area contributed by atoms with Crippen LogP contribution in [0.5, 0.6) is 11.5 Å². The van der Waals surface area contributed by atoms with Crippen molar-refractivity contribution in [3.63, 3.8) is 0 Å². The lowest BCUT2D eigenvalue weighted by Gasteiger charge is -2.41. The van der Waals surface area contributed by atoms with Crippen LogP contribution < -0.4 is 43.1 Å². The minimum atomic E-state index is 0.415. The minimum Gasteiger partial charge on any atom is -0.459 e. The molecule has 0 bridgehead atoms. The number of benzene rings is 2. The number of hydrogen-bond acceptors (Lipinski definition) is 6. The molecule has 1 aliphatic heterocycles. The Morgan fingerprint density at radius 2 is 1.51 bits per heavy atom. The predicted molar refractivity (Wildman–Crippen MR) is 185 cm³/mol. The molecule has 4 aromatic rings. The molecule has 2 aromatic heterocycles. The third kappa shape index (κ3) is 5.21. The van der Waals surface area contributed by atoms with Gasteiger partial charge < -0.3 is 20.4 Å². The first kappa shape index (κ1) is 28.0. The Kier molecular flexibility index (Phi) is 7.72. The molecule has 2 aromatic carbocycles. The Balaban J connectivity index is 1.26. The van der Waals surface area contributed by atoms with Gasteiger partial charge in [-0.1, -0.05) is 34.0 Å². The van der Waals surface area contributed by atoms with Crippen LogP contribution in [0.3, 0.4) is 0 Å². The second-order valence-corrected chi connectivity index (χ2v) is 12.3. The molecule has 1 atom stereocenters. The number of fused-ring (bicyclic) bond motifs is 1. The molecule has 1 aliphatic carbocycles. The highest BCUT2D eigenvalue weighted by Gasteiger charge is 2.30. The summed E-state index contributed by atoms with van der Waals surface area (Å²) in [5.74, 6) is 2.32. The normalized spacial score (nSPS) is 21.7. The van der Waals surface area contributed by atoms with Crippen molar-refractivity contribution in [2.24, 2.45) is 0 Å². The lowest BCUT2D eigenvalue weighted by atomic mass is 9.62. The first-order chi connectivity index (χ1) is 19.7. The molecule has 2 fully saturated rings. The number of hydrogen-bond donors (Lipinski definition) is 2. The van der Waals surface area contributed by atoms with Gasteiger partial charge in [-0.2, -0.15) is 0 Å². The highest BCUT2D eigenvalue weighted by atomic mass is 16.5. The number of nitrogens with two attached hydrogens (primary N) is 1. The Labute approximate surface area is 248 Å². The summed E-state index contributed by atoms with van der Waals surface area (Å²) in [7, 11) is 10.8. The van der Waals surface area contributed by atoms with Gasteiger partial charge in [0, 0.05) is 49.5 Å². The van der Waals surface area contributed by atoms with E-state index >= 15 is 0 Å². The van der Waals surface area contributed by atoms with Crippen molar-refractivity contribution in [3.05, 3.63) is 36.8 Å². The fourth-order valence-electron chi connectivity index (χ4n) is 7.04. The first-order valence-corrected chi connectivity index (χ1v) is 15.2. The molecule has 206 valence electrons. The summed E-state index contributed by atoms with van der Waals surface area (Å²) in [6.45, 7) is 5.69. The van der Waals surface area contributed by atoms with E-state index in [0.717, 1.165) is 66.1 Å². The molecule has 2 aliphatic rings. The second-order valence-electron chi connectivity index (χ2n) is 12.3. The smallest absolute Gasteiger partial charge is 0.146 e. The van der Waals surface area contributed by atoms with E-state index in [2.05, 4.69) is 96.4 Å². The molecule has 0 unspecified atom stereocenters. The van der Waals surface area contributed by atoms with Gasteiger partial charge in [0.05, 0.1) is 5.39 Å². The molecule has 0 spiro atoms. The van der Waals surface area contributed by atoms with Crippen LogP contribution in [0.25, 0.3) is 22.2 Å². The largest absolute Gasteiger partial charge is 0.459 e. The monoisotopic (exact) mass is 542 g/mol. The fourth-order valence-corrected chi connectivity index (χ4v) is 7.04. The van der Waals surface area contributed by atoms with Crippen molar-refractivity contribution in [2.75, 3.05) is 25.4 Å². The maximum Gasteiger partial charge on any atom is 0.146 e. The fraction of sp³-hybridized carbons (Fsp3) is 0.379. The zero-order valence-corrected chi connectivity index (χ0v) is 25.4. The first-order valence-electron chi connectivity index (χ1n) is 15.2. The van der Waals surface area contributed by atoms with E-state index in [1.165, 1.54) is 40.2 Å². The van der Waals surface area contributed by atoms with Crippen molar-refractivity contribution in [3.8, 4) is 22.6 Å². The molecular weight excluding hydrogens is 502 g/mol. The SMILES string of the molecule is Bc1c(B)c(B)c(Oc2ccc(-c3cn([C@H]4CC[C@H](N5CCN[C@@H](C)C5)CC4)c4ncnc(N)c34)cc2)c(B)c1B. The van der Waals surface area contributed by atoms with E-state index < -0.39 is 0 Å². The number of aromatic nitrogens is 3. The van der Waals surface area contributed by atoms with E-state index in [4.69, 9.17) is 15.5 Å². The second kappa shape index (κ2) is 11.3. The lowest BCUT2D eigenvalue weighted by Crippen LogP contribution is -2.54. The third-order valence-corrected chi connectivity index (χ3v) is 9.93. The zero-order chi connectivity index (χ0) is 28.8. The number of rotatable bonds is 5. The van der Waals surface area contributed by atoms with Crippen molar-refractivity contribution in [1.82, 2.24) is 24.8 Å². The van der Waals surface area contributed by atoms with Crippen LogP contribution in [-0.4, -0.2) is 90.4 Å². The lowest BCUT2D eigenvalue weighted by molar-refractivity contribution is 0.107. The molecule has 41 heavy (non-hydrogen) atoms. The Hall–Kier alpha value is -3.10. The van der Waals surface area contributed by atoms with Crippen molar-refractivity contribution in [1.29, 1.82) is 0 Å². The standard InChI is InChI=1S/C29H39B5N6O/c1-15-12-39(11-10-36-15)17-4-6-18(7-5-17)40-13-20(21-28(35)37-14-38-29(21)40)16-2-8-19(9-3-16)41-27-25(33)23(31)22(30)24(32)26(27)34/h2-3,8-9,13-15,17-18,36H,4-7,10-12,30-34H2,1H3,(H2,35,37,38)/t15-,17-,18-/m0/s1. The molecule has 12 heteroatoms. The summed E-state index contributed by atoms with van der Waals surface area (Å²) in [6, 6.07) is 10.0. The van der Waals surface area contributed by atoms with Gasteiger partial charge in [-0.05, 0) is 50.3 Å². The average molecular weight is 542 g/mol. The molecule has 1 saturated carbocycles. The van der Waals surface area contributed by atoms with Crippen LogP contribution in [0, 0.1) is 0 Å². The van der Waals surface area contributed by atoms with Gasteiger partial charge in [0.25, 0.3) is 0 Å². The van der Waals surface area contributed by atoms with Gasteiger partial charge in [-0.25, -0.2) is 9.97 Å². The number of anilines is 1. The molecule has 7 nitrogen and oxygen atoms in total. The maximum absolute atomic E-state index is 6.47. The Morgan fingerprint density at radius 3 is 2.17 bits per heavy atom. The molecule has 1 saturated heterocycles. The van der Waals surface area contributed by atoms with Gasteiger partial charge in [0.15, 0.2) is 0 Å². The summed E-state index contributed by atoms with van der Waals surface area (Å²) in [5, 5.41) is 4.52. The molecule has 3 N–H and O–H groups in total. The van der Waals surface area contributed by atoms with E-state index in [-0.39, 0.29) is 0 Å². The summed E-state index contributed by atoms with van der Waals surface area (Å²) in [5.41, 5.74) is 15.9. The van der Waals surface area contributed by atoms with E-state index in [0.29, 0.717) is 23.9 Å². The van der Waals surface area contributed by atoms with Gasteiger partial charge in [0.1, 0.15) is 68.5 Å². The van der Waals surface area contributed by atoms with Crippen LogP contribution in [0.4, 0.5) is 5.82 Å². The highest BCUT2D eigenvalue weighted by molar-refractivity contribution is 6.67. The average Bonchev–Trinajstić information content (AvgIpc) is 3.39. The minimum absolute atomic E-state index is 0.415. The number of nitrogens with zero attached hydrogens (tertiary/aromatic N) is 4. The highest BCUT2D eigenvalue weighted by Crippen LogP contribution is 2.39. The van der Waals surface area contributed by atoms with Crippen molar-refractivity contribution < 1.29 is 4.74 Å². The number of ether oxygens (including phenoxy) is 1. The quantitative estimate of drug-likeness (QED) is 0.256. The number of nitrogen functional groups attached to an aromatic ring is 1. The van der Waals surface area contributed by atoms with Gasteiger partial charge in [-0.3, -0.25) is 4.90 Å². The molecule has 3 heterocycles. The Morgan fingerprint density at radius 1 is 0.878 bits per heavy atom. The van der Waals surface area contributed by atoms with E-state index in [9.17, 15) is 0 Å². The predicted octanol–water partition coefficient (Wildman–Crippen LogP) is -3.46. The maximum atomic E-state index is 6.47. The summed E-state index contributed by atoms with van der Waals surface area (Å²) in [4.78, 5) is 11.8. The molecular formula is C29H39B5N6O. The summed E-state index contributed by atoms with van der Waals surface area (Å²) in [6.07, 6.45) is 8.59. The topological polar surface area (TPSA) is 81.2 Å². The van der Waals surface area contributed by atoms with Crippen LogP contribution in [0.1, 0.15) is 38.6 Å². The third-order valence-electron chi connectivity index (χ3n) is 9.93. The number of nitrogens with one attached hydrogen (secondary N) is 1. The van der Waals surface area contributed by atoms with Crippen LogP contribution in [0.2, 0.25) is 0 Å².